The zero-order chi connectivity index (χ0) is 25.3. The van der Waals surface area contributed by atoms with E-state index in [1.165, 1.54) is 10.7 Å². The van der Waals surface area contributed by atoms with Gasteiger partial charge in [0.05, 0.1) is 12.2 Å². The molecule has 0 aliphatic carbocycles. The lowest BCUT2D eigenvalue weighted by atomic mass is 9.92. The zero-order valence-corrected chi connectivity index (χ0v) is 19.5. The summed E-state index contributed by atoms with van der Waals surface area (Å²) in [6.45, 7) is 2.03. The van der Waals surface area contributed by atoms with Gasteiger partial charge in [-0.15, -0.1) is 0 Å². The van der Waals surface area contributed by atoms with E-state index < -0.39 is 23.7 Å². The minimum absolute atomic E-state index is 0.0320. The second-order valence-corrected chi connectivity index (χ2v) is 8.96. The number of para-hydroxylation sites is 1. The number of hydrogen-bond acceptors (Lipinski definition) is 4. The Kier molecular flexibility index (Phi) is 7.10. The van der Waals surface area contributed by atoms with E-state index >= 15 is 0 Å². The van der Waals surface area contributed by atoms with Gasteiger partial charge in [0.1, 0.15) is 17.2 Å². The summed E-state index contributed by atoms with van der Waals surface area (Å²) in [6.07, 6.45) is -4.79. The third-order valence-electron chi connectivity index (χ3n) is 6.19. The molecule has 1 fully saturated rings. The Morgan fingerprint density at radius 1 is 1.06 bits per heavy atom. The highest BCUT2D eigenvalue weighted by Gasteiger charge is 2.44. The van der Waals surface area contributed by atoms with E-state index in [0.717, 1.165) is 0 Å². The van der Waals surface area contributed by atoms with E-state index in [9.17, 15) is 27.2 Å². The van der Waals surface area contributed by atoms with Crippen LogP contribution < -0.4 is 0 Å². The van der Waals surface area contributed by atoms with E-state index in [1.807, 2.05) is 0 Å². The van der Waals surface area contributed by atoms with Crippen LogP contribution in [-0.2, 0) is 4.79 Å². The second kappa shape index (κ2) is 9.91. The maximum atomic E-state index is 14.7. The maximum Gasteiger partial charge on any atom is 0.450 e. The van der Waals surface area contributed by atoms with Crippen LogP contribution in [0.1, 0.15) is 28.9 Å². The molecule has 35 heavy (non-hydrogen) atoms. The molecule has 184 valence electrons. The van der Waals surface area contributed by atoms with Crippen molar-refractivity contribution < 1.29 is 27.2 Å². The molecule has 0 unspecified atom stereocenters. The first-order valence-corrected chi connectivity index (χ1v) is 11.4. The van der Waals surface area contributed by atoms with Crippen molar-refractivity contribution >= 4 is 23.2 Å². The van der Waals surface area contributed by atoms with Crippen LogP contribution in [0, 0.1) is 18.7 Å². The molecular formula is C25H22ClF4N3O2. The van der Waals surface area contributed by atoms with Gasteiger partial charge >= 0.3 is 6.18 Å². The van der Waals surface area contributed by atoms with Gasteiger partial charge in [-0.2, -0.15) is 18.3 Å². The Morgan fingerprint density at radius 2 is 1.69 bits per heavy atom. The summed E-state index contributed by atoms with van der Waals surface area (Å²) in [6, 6.07) is 12.9. The number of ketones is 2. The summed E-state index contributed by atoms with van der Waals surface area (Å²) in [5, 5.41) is 4.97. The van der Waals surface area contributed by atoms with Crippen molar-refractivity contribution in [2.75, 3.05) is 19.6 Å². The average Bonchev–Trinajstić information content (AvgIpc) is 3.16. The molecule has 10 heteroatoms. The molecule has 1 aliphatic heterocycles. The van der Waals surface area contributed by atoms with Gasteiger partial charge in [0.2, 0.25) is 5.78 Å². The van der Waals surface area contributed by atoms with Crippen molar-refractivity contribution in [1.29, 1.82) is 0 Å². The smallest absolute Gasteiger partial charge is 0.296 e. The Labute approximate surface area is 204 Å². The quantitative estimate of drug-likeness (QED) is 0.319. The molecule has 2 aromatic carbocycles. The Morgan fingerprint density at radius 3 is 2.29 bits per heavy atom. The van der Waals surface area contributed by atoms with Crippen molar-refractivity contribution in [3.63, 3.8) is 0 Å². The summed E-state index contributed by atoms with van der Waals surface area (Å²) in [4.78, 5) is 26.4. The third-order valence-corrected chi connectivity index (χ3v) is 6.44. The first kappa shape index (κ1) is 25.1. The lowest BCUT2D eigenvalue weighted by Crippen LogP contribution is -2.42. The molecule has 1 aromatic heterocycles. The predicted molar refractivity (Wildman–Crippen MR) is 123 cm³/mol. The number of alkyl halides is 3. The number of carbonyl (C=O) groups excluding carboxylic acids is 2. The largest absolute Gasteiger partial charge is 0.450 e. The highest BCUT2D eigenvalue weighted by atomic mass is 35.5. The summed E-state index contributed by atoms with van der Waals surface area (Å²) in [7, 11) is 0. The number of hydrogen-bond donors (Lipinski definition) is 0. The molecule has 0 radical (unpaired) electrons. The number of nitrogens with zero attached hydrogens (tertiary/aromatic N) is 3. The molecule has 0 saturated carbocycles. The molecule has 0 spiro atoms. The fourth-order valence-corrected chi connectivity index (χ4v) is 4.49. The predicted octanol–water partition coefficient (Wildman–Crippen LogP) is 5.67. The van der Waals surface area contributed by atoms with Gasteiger partial charge in [-0.3, -0.25) is 14.5 Å². The van der Waals surface area contributed by atoms with E-state index in [1.54, 1.807) is 54.3 Å². The van der Waals surface area contributed by atoms with Gasteiger partial charge in [0.15, 0.2) is 5.78 Å². The molecule has 0 bridgehead atoms. The van der Waals surface area contributed by atoms with Crippen LogP contribution in [0.15, 0.2) is 48.5 Å². The van der Waals surface area contributed by atoms with Gasteiger partial charge < -0.3 is 0 Å². The highest BCUT2D eigenvalue weighted by Crippen LogP contribution is 2.32. The maximum absolute atomic E-state index is 14.7. The zero-order valence-electron chi connectivity index (χ0n) is 18.8. The van der Waals surface area contributed by atoms with Gasteiger partial charge in [-0.1, -0.05) is 35.9 Å². The molecular weight excluding hydrogens is 486 g/mol. The Hall–Kier alpha value is -3.04. The number of carbonyl (C=O) groups is 2. The SMILES string of the molecule is Cc1c(C(=O)CN2CCC(C(=O)C(F)(F)F)CC2)nn(-c2ccccc2F)c1-c1ccc(Cl)cc1. The summed E-state index contributed by atoms with van der Waals surface area (Å²) in [5.74, 6) is -3.65. The Bertz CT molecular complexity index is 1250. The van der Waals surface area contributed by atoms with E-state index in [4.69, 9.17) is 11.6 Å². The average molecular weight is 508 g/mol. The second-order valence-electron chi connectivity index (χ2n) is 8.53. The van der Waals surface area contributed by atoms with Crippen molar-refractivity contribution in [2.45, 2.75) is 25.9 Å². The molecule has 1 saturated heterocycles. The Balaban J connectivity index is 1.60. The minimum Gasteiger partial charge on any atom is -0.296 e. The third kappa shape index (κ3) is 5.31. The van der Waals surface area contributed by atoms with Crippen molar-refractivity contribution in [3.8, 4) is 16.9 Å². The fourth-order valence-electron chi connectivity index (χ4n) is 4.37. The van der Waals surface area contributed by atoms with Gasteiger partial charge in [0, 0.05) is 22.1 Å². The summed E-state index contributed by atoms with van der Waals surface area (Å²) < 4.78 is 54.2. The van der Waals surface area contributed by atoms with Crippen LogP contribution in [0.25, 0.3) is 16.9 Å². The van der Waals surface area contributed by atoms with Crippen molar-refractivity contribution in [2.24, 2.45) is 5.92 Å². The molecule has 2 heterocycles. The fraction of sp³-hybridized carbons (Fsp3) is 0.320. The number of rotatable bonds is 6. The van der Waals surface area contributed by atoms with Crippen LogP contribution >= 0.6 is 11.6 Å². The number of piperidine rings is 1. The van der Waals surface area contributed by atoms with Crippen LogP contribution in [0.4, 0.5) is 17.6 Å². The van der Waals surface area contributed by atoms with Crippen LogP contribution in [0.3, 0.4) is 0 Å². The van der Waals surface area contributed by atoms with E-state index in [0.29, 0.717) is 21.8 Å². The molecule has 5 nitrogen and oxygen atoms in total. The number of benzene rings is 2. The first-order valence-electron chi connectivity index (χ1n) is 11.0. The monoisotopic (exact) mass is 507 g/mol. The standard InChI is InChI=1S/C25H22ClF4N3O2/c1-15-22(21(34)14-32-12-10-17(11-13-32)24(35)25(28,29)30)31-33(20-5-3-2-4-19(20)27)23(15)16-6-8-18(26)9-7-16/h2-9,17H,10-14H2,1H3. The molecule has 4 rings (SSSR count). The summed E-state index contributed by atoms with van der Waals surface area (Å²) in [5.41, 5.74) is 2.08. The number of Topliss-reactive ketones (excluding diaryl/α,β-unsaturated/α-hetero) is 2. The molecule has 0 atom stereocenters. The topological polar surface area (TPSA) is 55.2 Å². The van der Waals surface area contributed by atoms with E-state index in [2.05, 4.69) is 5.10 Å². The van der Waals surface area contributed by atoms with Gasteiger partial charge in [-0.25, -0.2) is 9.07 Å². The number of aromatic nitrogens is 2. The number of halogens is 5. The lowest BCUT2D eigenvalue weighted by molar-refractivity contribution is -0.176. The van der Waals surface area contributed by atoms with Crippen LogP contribution in [0.2, 0.25) is 5.02 Å². The molecule has 0 N–H and O–H groups in total. The van der Waals surface area contributed by atoms with Gasteiger partial charge in [-0.05, 0) is 57.1 Å². The van der Waals surface area contributed by atoms with E-state index in [-0.39, 0.29) is 49.6 Å². The van der Waals surface area contributed by atoms with Crippen molar-refractivity contribution in [1.82, 2.24) is 14.7 Å². The van der Waals surface area contributed by atoms with Crippen LogP contribution in [-0.4, -0.2) is 52.1 Å². The first-order chi connectivity index (χ1) is 16.6. The van der Waals surface area contributed by atoms with Gasteiger partial charge in [0.25, 0.3) is 0 Å². The molecule has 3 aromatic rings. The van der Waals surface area contributed by atoms with Crippen molar-refractivity contribution in [3.05, 3.63) is 70.6 Å². The molecule has 0 amide bonds. The number of likely N-dealkylation sites (tertiary alicyclic amines) is 1. The molecule has 1 aliphatic rings. The van der Waals surface area contributed by atoms with Crippen LogP contribution in [0.5, 0.6) is 0 Å². The minimum atomic E-state index is -4.85. The lowest BCUT2D eigenvalue weighted by Gasteiger charge is -2.30. The summed E-state index contributed by atoms with van der Waals surface area (Å²) >= 11 is 6.01. The highest BCUT2D eigenvalue weighted by molar-refractivity contribution is 6.30. The normalized spacial score (nSPS) is 15.4.